The Labute approximate surface area is 163 Å². The van der Waals surface area contributed by atoms with Crippen LogP contribution in [0.5, 0.6) is 11.5 Å². The van der Waals surface area contributed by atoms with Gasteiger partial charge in [-0.15, -0.1) is 0 Å². The molecule has 1 aliphatic rings. The van der Waals surface area contributed by atoms with Gasteiger partial charge in [0.25, 0.3) is 11.8 Å². The van der Waals surface area contributed by atoms with E-state index in [0.717, 1.165) is 12.1 Å². The van der Waals surface area contributed by atoms with Crippen LogP contribution in [0.1, 0.15) is 20.8 Å². The Morgan fingerprint density at radius 1 is 0.897 bits per heavy atom. The van der Waals surface area contributed by atoms with Crippen molar-refractivity contribution < 1.29 is 27.8 Å². The highest BCUT2D eigenvalue weighted by Crippen LogP contribution is 2.34. The molecule has 0 spiro atoms. The van der Waals surface area contributed by atoms with Crippen molar-refractivity contribution in [2.24, 2.45) is 0 Å². The molecule has 0 fully saturated rings. The van der Waals surface area contributed by atoms with Gasteiger partial charge in [0.1, 0.15) is 17.3 Å². The molecule has 0 radical (unpaired) electrons. The van der Waals surface area contributed by atoms with Gasteiger partial charge in [-0.25, -0.2) is 8.78 Å². The quantitative estimate of drug-likeness (QED) is 0.702. The highest BCUT2D eigenvalue weighted by Gasteiger charge is 2.17. The van der Waals surface area contributed by atoms with Gasteiger partial charge in [0, 0.05) is 29.6 Å². The van der Waals surface area contributed by atoms with Crippen LogP contribution in [0.25, 0.3) is 0 Å². The number of ether oxygens (including phenoxy) is 2. The van der Waals surface area contributed by atoms with Crippen molar-refractivity contribution in [3.05, 3.63) is 77.6 Å². The van der Waals surface area contributed by atoms with Gasteiger partial charge in [-0.1, -0.05) is 0 Å². The van der Waals surface area contributed by atoms with Crippen LogP contribution in [0.4, 0.5) is 20.2 Å². The lowest BCUT2D eigenvalue weighted by molar-refractivity contribution is 0.102. The number of fused-ring (bicyclic) bond motifs is 1. The standard InChI is InChI=1S/C20H13F2N3O4/c21-12-1-3-15(14(22)8-12)25-19(26)11-5-6-23-16(7-11)20(27)24-13-2-4-17-18(9-13)29-10-28-17/h1-9H,10H2,(H,24,27)(H,25,26). The molecule has 146 valence electrons. The molecule has 29 heavy (non-hydrogen) atoms. The molecule has 0 atom stereocenters. The summed E-state index contributed by atoms with van der Waals surface area (Å²) in [6.45, 7) is 0.111. The average Bonchev–Trinajstić information content (AvgIpc) is 3.18. The molecular weight excluding hydrogens is 384 g/mol. The second kappa shape index (κ2) is 7.55. The van der Waals surface area contributed by atoms with E-state index in [2.05, 4.69) is 15.6 Å². The fourth-order valence-electron chi connectivity index (χ4n) is 2.65. The number of rotatable bonds is 4. The summed E-state index contributed by atoms with van der Waals surface area (Å²) >= 11 is 0. The molecule has 0 unspecified atom stereocenters. The minimum absolute atomic E-state index is 0.0186. The molecule has 3 aromatic rings. The van der Waals surface area contributed by atoms with Crippen LogP contribution in [0.15, 0.2) is 54.7 Å². The number of aromatic nitrogens is 1. The number of pyridine rings is 1. The summed E-state index contributed by atoms with van der Waals surface area (Å²) < 4.78 is 37.2. The first-order valence-corrected chi connectivity index (χ1v) is 8.43. The van der Waals surface area contributed by atoms with Crippen molar-refractivity contribution in [1.82, 2.24) is 4.98 Å². The molecule has 1 aromatic heterocycles. The van der Waals surface area contributed by atoms with E-state index in [9.17, 15) is 18.4 Å². The summed E-state index contributed by atoms with van der Waals surface area (Å²) in [5.41, 5.74) is 0.346. The summed E-state index contributed by atoms with van der Waals surface area (Å²) in [6.07, 6.45) is 1.28. The molecule has 2 heterocycles. The summed E-state index contributed by atoms with van der Waals surface area (Å²) in [4.78, 5) is 28.8. The van der Waals surface area contributed by atoms with Gasteiger partial charge >= 0.3 is 0 Å². The average molecular weight is 397 g/mol. The lowest BCUT2D eigenvalue weighted by Gasteiger charge is -2.08. The Morgan fingerprint density at radius 3 is 2.55 bits per heavy atom. The highest BCUT2D eigenvalue weighted by molar-refractivity contribution is 6.07. The van der Waals surface area contributed by atoms with Crippen molar-refractivity contribution in [2.45, 2.75) is 0 Å². The Hall–Kier alpha value is -4.01. The highest BCUT2D eigenvalue weighted by atomic mass is 19.1. The van der Waals surface area contributed by atoms with Gasteiger partial charge in [0.05, 0.1) is 5.69 Å². The lowest BCUT2D eigenvalue weighted by atomic mass is 10.2. The SMILES string of the molecule is O=C(Nc1ccc(F)cc1F)c1ccnc(C(=O)Nc2ccc3c(c2)OCO3)c1. The zero-order valence-electron chi connectivity index (χ0n) is 14.7. The predicted octanol–water partition coefficient (Wildman–Crippen LogP) is 3.59. The fraction of sp³-hybridized carbons (Fsp3) is 0.0500. The maximum absolute atomic E-state index is 13.7. The number of hydrogen-bond donors (Lipinski definition) is 2. The van der Waals surface area contributed by atoms with Crippen LogP contribution in [0.3, 0.4) is 0 Å². The van der Waals surface area contributed by atoms with Crippen LogP contribution < -0.4 is 20.1 Å². The topological polar surface area (TPSA) is 89.6 Å². The van der Waals surface area contributed by atoms with E-state index in [-0.39, 0.29) is 23.7 Å². The third kappa shape index (κ3) is 3.98. The molecule has 7 nitrogen and oxygen atoms in total. The zero-order valence-corrected chi connectivity index (χ0v) is 14.7. The number of hydrogen-bond acceptors (Lipinski definition) is 5. The van der Waals surface area contributed by atoms with Crippen LogP contribution in [0, 0.1) is 11.6 Å². The van der Waals surface area contributed by atoms with Crippen molar-refractivity contribution in [3.63, 3.8) is 0 Å². The third-order valence-corrected chi connectivity index (χ3v) is 4.06. The molecule has 2 amide bonds. The van der Waals surface area contributed by atoms with Gasteiger partial charge in [0.2, 0.25) is 6.79 Å². The molecule has 0 saturated carbocycles. The second-order valence-corrected chi connectivity index (χ2v) is 6.03. The minimum atomic E-state index is -0.909. The predicted molar refractivity (Wildman–Crippen MR) is 99.1 cm³/mol. The first-order valence-electron chi connectivity index (χ1n) is 8.43. The molecule has 9 heteroatoms. The van der Waals surface area contributed by atoms with Crippen molar-refractivity contribution in [1.29, 1.82) is 0 Å². The van der Waals surface area contributed by atoms with Gasteiger partial charge in [0.15, 0.2) is 11.5 Å². The summed E-state index contributed by atoms with van der Waals surface area (Å²) in [5.74, 6) is -1.81. The van der Waals surface area contributed by atoms with Crippen LogP contribution in [-0.4, -0.2) is 23.6 Å². The Balaban J connectivity index is 1.49. The minimum Gasteiger partial charge on any atom is -0.454 e. The first kappa shape index (κ1) is 18.4. The molecule has 4 rings (SSSR count). The molecule has 2 N–H and O–H groups in total. The van der Waals surface area contributed by atoms with E-state index in [4.69, 9.17) is 9.47 Å². The van der Waals surface area contributed by atoms with Crippen LogP contribution in [-0.2, 0) is 0 Å². The smallest absolute Gasteiger partial charge is 0.274 e. The zero-order chi connectivity index (χ0) is 20.4. The van der Waals surface area contributed by atoms with E-state index < -0.39 is 23.4 Å². The van der Waals surface area contributed by atoms with Gasteiger partial charge in [-0.05, 0) is 36.4 Å². The van der Waals surface area contributed by atoms with Crippen LogP contribution >= 0.6 is 0 Å². The first-order chi connectivity index (χ1) is 14.0. The van der Waals surface area contributed by atoms with E-state index in [1.165, 1.54) is 18.3 Å². The van der Waals surface area contributed by atoms with Gasteiger partial charge < -0.3 is 20.1 Å². The Bertz CT molecular complexity index is 1120. The van der Waals surface area contributed by atoms with Gasteiger partial charge in [-0.2, -0.15) is 0 Å². The summed E-state index contributed by atoms with van der Waals surface area (Å²) in [5, 5.41) is 4.98. The van der Waals surface area contributed by atoms with Crippen molar-refractivity contribution >= 4 is 23.2 Å². The van der Waals surface area contributed by atoms with Gasteiger partial charge in [-0.3, -0.25) is 14.6 Å². The second-order valence-electron chi connectivity index (χ2n) is 6.03. The number of nitrogens with zero attached hydrogens (tertiary/aromatic N) is 1. The van der Waals surface area contributed by atoms with Crippen LogP contribution in [0.2, 0.25) is 0 Å². The molecule has 2 aromatic carbocycles. The van der Waals surface area contributed by atoms with Crippen molar-refractivity contribution in [3.8, 4) is 11.5 Å². The Kier molecular flexibility index (Phi) is 4.78. The lowest BCUT2D eigenvalue weighted by Crippen LogP contribution is -2.17. The summed E-state index contributed by atoms with van der Waals surface area (Å²) in [7, 11) is 0. The summed E-state index contributed by atoms with van der Waals surface area (Å²) in [6, 6.07) is 10.3. The molecule has 0 saturated heterocycles. The van der Waals surface area contributed by atoms with E-state index in [1.54, 1.807) is 18.2 Å². The molecule has 1 aliphatic heterocycles. The molecular formula is C20H13F2N3O4. The number of nitrogens with one attached hydrogen (secondary N) is 2. The number of halogens is 2. The molecule has 0 aliphatic carbocycles. The number of carbonyl (C=O) groups excluding carboxylic acids is 2. The number of amides is 2. The monoisotopic (exact) mass is 397 g/mol. The number of benzene rings is 2. The largest absolute Gasteiger partial charge is 0.454 e. The van der Waals surface area contributed by atoms with E-state index >= 15 is 0 Å². The van der Waals surface area contributed by atoms with E-state index in [1.807, 2.05) is 0 Å². The Morgan fingerprint density at radius 2 is 1.72 bits per heavy atom. The molecule has 0 bridgehead atoms. The third-order valence-electron chi connectivity index (χ3n) is 4.06. The van der Waals surface area contributed by atoms with Crippen molar-refractivity contribution in [2.75, 3.05) is 17.4 Å². The number of carbonyl (C=O) groups is 2. The number of anilines is 2. The maximum Gasteiger partial charge on any atom is 0.274 e. The van der Waals surface area contributed by atoms with E-state index in [0.29, 0.717) is 23.3 Å². The normalized spacial score (nSPS) is 11.8. The fourth-order valence-corrected chi connectivity index (χ4v) is 2.65. The maximum atomic E-state index is 13.7.